The highest BCUT2D eigenvalue weighted by atomic mass is 32.1. The Bertz CT molecular complexity index is 507. The van der Waals surface area contributed by atoms with Gasteiger partial charge in [-0.05, 0) is 72.0 Å². The van der Waals surface area contributed by atoms with E-state index < -0.39 is 0 Å². The number of thiophene rings is 1. The van der Waals surface area contributed by atoms with Crippen molar-refractivity contribution in [2.75, 3.05) is 6.54 Å². The van der Waals surface area contributed by atoms with Gasteiger partial charge in [0, 0.05) is 6.04 Å². The molecule has 2 aromatic rings. The van der Waals surface area contributed by atoms with Crippen LogP contribution < -0.4 is 5.32 Å². The van der Waals surface area contributed by atoms with Gasteiger partial charge in [0.1, 0.15) is 5.82 Å². The number of aryl methyl sites for hydroxylation is 1. The summed E-state index contributed by atoms with van der Waals surface area (Å²) in [7, 11) is 0. The Morgan fingerprint density at radius 1 is 1.32 bits per heavy atom. The number of halogens is 1. The highest BCUT2D eigenvalue weighted by molar-refractivity contribution is 7.07. The van der Waals surface area contributed by atoms with E-state index in [1.54, 1.807) is 23.5 Å². The van der Waals surface area contributed by atoms with Crippen molar-refractivity contribution in [1.29, 1.82) is 0 Å². The standard InChI is InChI=1S/C16H20FNS/c1-3-7-18-16(14-6-8-19-11-14)10-13-4-5-15(17)9-12(13)2/h4-6,8-9,11,16,18H,3,7,10H2,1-2H3. The third-order valence-corrected chi connectivity index (χ3v) is 4.02. The van der Waals surface area contributed by atoms with E-state index >= 15 is 0 Å². The quantitative estimate of drug-likeness (QED) is 0.821. The minimum Gasteiger partial charge on any atom is -0.310 e. The summed E-state index contributed by atoms with van der Waals surface area (Å²) in [6, 6.07) is 7.54. The van der Waals surface area contributed by atoms with Crippen LogP contribution in [-0.2, 0) is 6.42 Å². The second-order valence-electron chi connectivity index (χ2n) is 4.84. The smallest absolute Gasteiger partial charge is 0.123 e. The monoisotopic (exact) mass is 277 g/mol. The molecule has 1 N–H and O–H groups in total. The molecule has 0 aliphatic heterocycles. The molecule has 2 rings (SSSR count). The van der Waals surface area contributed by atoms with E-state index in [0.717, 1.165) is 24.9 Å². The summed E-state index contributed by atoms with van der Waals surface area (Å²) in [5.41, 5.74) is 3.56. The topological polar surface area (TPSA) is 12.0 Å². The number of hydrogen-bond acceptors (Lipinski definition) is 2. The Morgan fingerprint density at radius 3 is 2.79 bits per heavy atom. The third-order valence-electron chi connectivity index (χ3n) is 3.31. The fraction of sp³-hybridized carbons (Fsp3) is 0.375. The lowest BCUT2D eigenvalue weighted by Crippen LogP contribution is -2.24. The number of nitrogens with one attached hydrogen (secondary N) is 1. The summed E-state index contributed by atoms with van der Waals surface area (Å²) in [5, 5.41) is 7.87. The molecule has 1 unspecified atom stereocenters. The molecule has 3 heteroatoms. The van der Waals surface area contributed by atoms with Crippen molar-refractivity contribution in [2.24, 2.45) is 0 Å². The lowest BCUT2D eigenvalue weighted by atomic mass is 9.97. The van der Waals surface area contributed by atoms with Crippen LogP contribution in [0.5, 0.6) is 0 Å². The molecule has 0 saturated carbocycles. The van der Waals surface area contributed by atoms with Gasteiger partial charge in [-0.25, -0.2) is 4.39 Å². The van der Waals surface area contributed by atoms with Gasteiger partial charge in [-0.1, -0.05) is 13.0 Å². The molecule has 1 atom stereocenters. The van der Waals surface area contributed by atoms with Gasteiger partial charge >= 0.3 is 0 Å². The Balaban J connectivity index is 2.15. The van der Waals surface area contributed by atoms with Crippen LogP contribution in [0.2, 0.25) is 0 Å². The van der Waals surface area contributed by atoms with Crippen molar-refractivity contribution in [3.05, 3.63) is 57.5 Å². The van der Waals surface area contributed by atoms with Crippen molar-refractivity contribution in [3.8, 4) is 0 Å². The molecule has 0 amide bonds. The molecule has 102 valence electrons. The predicted molar refractivity (Wildman–Crippen MR) is 80.2 cm³/mol. The Labute approximate surface area is 118 Å². The summed E-state index contributed by atoms with van der Waals surface area (Å²) in [5.74, 6) is -0.158. The van der Waals surface area contributed by atoms with E-state index in [9.17, 15) is 4.39 Å². The summed E-state index contributed by atoms with van der Waals surface area (Å²) in [4.78, 5) is 0. The lowest BCUT2D eigenvalue weighted by Gasteiger charge is -2.19. The van der Waals surface area contributed by atoms with E-state index in [1.807, 2.05) is 13.0 Å². The van der Waals surface area contributed by atoms with Crippen molar-refractivity contribution < 1.29 is 4.39 Å². The number of rotatable bonds is 6. The van der Waals surface area contributed by atoms with E-state index in [-0.39, 0.29) is 5.82 Å². The largest absolute Gasteiger partial charge is 0.310 e. The summed E-state index contributed by atoms with van der Waals surface area (Å²) < 4.78 is 13.1. The predicted octanol–water partition coefficient (Wildman–Crippen LogP) is 4.48. The fourth-order valence-corrected chi connectivity index (χ4v) is 2.92. The van der Waals surface area contributed by atoms with E-state index in [1.165, 1.54) is 11.1 Å². The minimum absolute atomic E-state index is 0.158. The van der Waals surface area contributed by atoms with Gasteiger partial charge < -0.3 is 5.32 Å². The van der Waals surface area contributed by atoms with Gasteiger partial charge in [-0.15, -0.1) is 0 Å². The van der Waals surface area contributed by atoms with Crippen LogP contribution in [-0.4, -0.2) is 6.54 Å². The van der Waals surface area contributed by atoms with Gasteiger partial charge in [0.25, 0.3) is 0 Å². The molecular weight excluding hydrogens is 257 g/mol. The molecule has 1 heterocycles. The summed E-state index contributed by atoms with van der Waals surface area (Å²) >= 11 is 1.72. The van der Waals surface area contributed by atoms with E-state index in [2.05, 4.69) is 29.1 Å². The fourth-order valence-electron chi connectivity index (χ4n) is 2.21. The van der Waals surface area contributed by atoms with Gasteiger partial charge in [-0.2, -0.15) is 11.3 Å². The molecule has 0 fully saturated rings. The summed E-state index contributed by atoms with van der Waals surface area (Å²) in [6.07, 6.45) is 2.02. The Hall–Kier alpha value is -1.19. The van der Waals surface area contributed by atoms with Crippen LogP contribution in [0.3, 0.4) is 0 Å². The second kappa shape index (κ2) is 6.83. The first kappa shape index (κ1) is 14.2. The first-order valence-corrected chi connectivity index (χ1v) is 7.65. The van der Waals surface area contributed by atoms with E-state index in [4.69, 9.17) is 0 Å². The van der Waals surface area contributed by atoms with Crippen LogP contribution in [0.25, 0.3) is 0 Å². The van der Waals surface area contributed by atoms with Gasteiger partial charge in [0.2, 0.25) is 0 Å². The highest BCUT2D eigenvalue weighted by Crippen LogP contribution is 2.23. The maximum Gasteiger partial charge on any atom is 0.123 e. The van der Waals surface area contributed by atoms with Crippen LogP contribution in [0.15, 0.2) is 35.0 Å². The van der Waals surface area contributed by atoms with Crippen molar-refractivity contribution >= 4 is 11.3 Å². The molecule has 0 aliphatic carbocycles. The molecule has 1 aromatic heterocycles. The van der Waals surface area contributed by atoms with Gasteiger partial charge in [-0.3, -0.25) is 0 Å². The molecule has 0 bridgehead atoms. The maximum atomic E-state index is 13.1. The first-order chi connectivity index (χ1) is 9.20. The molecule has 19 heavy (non-hydrogen) atoms. The van der Waals surface area contributed by atoms with E-state index in [0.29, 0.717) is 6.04 Å². The lowest BCUT2D eigenvalue weighted by molar-refractivity contribution is 0.529. The third kappa shape index (κ3) is 3.88. The average Bonchev–Trinajstić information content (AvgIpc) is 2.90. The maximum absolute atomic E-state index is 13.1. The zero-order valence-electron chi connectivity index (χ0n) is 11.4. The van der Waals surface area contributed by atoms with Gasteiger partial charge in [0.15, 0.2) is 0 Å². The molecule has 0 saturated heterocycles. The second-order valence-corrected chi connectivity index (χ2v) is 5.62. The Kier molecular flexibility index (Phi) is 5.11. The molecule has 0 spiro atoms. The van der Waals surface area contributed by atoms with Crippen LogP contribution in [0, 0.1) is 12.7 Å². The molecule has 0 aliphatic rings. The van der Waals surface area contributed by atoms with Crippen LogP contribution in [0.1, 0.15) is 36.1 Å². The molecular formula is C16H20FNS. The van der Waals surface area contributed by atoms with Crippen molar-refractivity contribution in [1.82, 2.24) is 5.32 Å². The Morgan fingerprint density at radius 2 is 2.16 bits per heavy atom. The zero-order chi connectivity index (χ0) is 13.7. The minimum atomic E-state index is -0.158. The normalized spacial score (nSPS) is 12.6. The number of hydrogen-bond donors (Lipinski definition) is 1. The molecule has 1 aromatic carbocycles. The molecule has 1 nitrogen and oxygen atoms in total. The average molecular weight is 277 g/mol. The first-order valence-electron chi connectivity index (χ1n) is 6.71. The van der Waals surface area contributed by atoms with Crippen molar-refractivity contribution in [2.45, 2.75) is 32.7 Å². The SMILES string of the molecule is CCCNC(Cc1ccc(F)cc1C)c1ccsc1. The van der Waals surface area contributed by atoms with Crippen LogP contribution >= 0.6 is 11.3 Å². The summed E-state index contributed by atoms with van der Waals surface area (Å²) in [6.45, 7) is 5.14. The highest BCUT2D eigenvalue weighted by Gasteiger charge is 2.13. The number of benzene rings is 1. The van der Waals surface area contributed by atoms with Gasteiger partial charge in [0.05, 0.1) is 0 Å². The zero-order valence-corrected chi connectivity index (χ0v) is 12.3. The molecule has 0 radical (unpaired) electrons. The van der Waals surface area contributed by atoms with Crippen LogP contribution in [0.4, 0.5) is 4.39 Å². The van der Waals surface area contributed by atoms with Crippen molar-refractivity contribution in [3.63, 3.8) is 0 Å².